The smallest absolute Gasteiger partial charge is 0.217 e. The number of amides is 1. The van der Waals surface area contributed by atoms with Crippen LogP contribution in [0.4, 0.5) is 0 Å². The minimum absolute atomic E-state index is 0.0311. The zero-order valence-corrected chi connectivity index (χ0v) is 16.2. The Kier molecular flexibility index (Phi) is 6.66. The molecule has 0 fully saturated rings. The molecule has 148 valence electrons. The number of carbonyl (C=O) groups excluding carboxylic acids is 1. The minimum Gasteiger partial charge on any atom is -0.457 e. The summed E-state index contributed by atoms with van der Waals surface area (Å²) in [5.74, 6) is 2.14. The van der Waals surface area contributed by atoms with Crippen LogP contribution in [0.25, 0.3) is 11.0 Å². The Hall–Kier alpha value is -2.86. The summed E-state index contributed by atoms with van der Waals surface area (Å²) in [6.45, 7) is 2.62. The minimum atomic E-state index is -0.280. The maximum atomic E-state index is 10.9. The van der Waals surface area contributed by atoms with Crippen LogP contribution < -0.4 is 10.5 Å². The van der Waals surface area contributed by atoms with E-state index in [0.29, 0.717) is 13.0 Å². The average Bonchev–Trinajstić information content (AvgIpc) is 3.03. The number of aryl methyl sites for hydroxylation is 2. The molecule has 0 radical (unpaired) electrons. The van der Waals surface area contributed by atoms with Crippen LogP contribution in [0.3, 0.4) is 0 Å². The molecule has 6 heteroatoms. The van der Waals surface area contributed by atoms with Gasteiger partial charge in [0.25, 0.3) is 0 Å². The van der Waals surface area contributed by atoms with Gasteiger partial charge in [0.15, 0.2) is 0 Å². The number of hydrogen-bond donors (Lipinski definition) is 2. The number of fused-ring (bicyclic) bond motifs is 1. The SMILES string of the molecule is CCc1ccc(Oc2ccc3nc(CCCCC(N)=O)n(CCO)c3c2)cc1. The van der Waals surface area contributed by atoms with E-state index >= 15 is 0 Å². The molecule has 1 aromatic heterocycles. The van der Waals surface area contributed by atoms with Gasteiger partial charge in [0.1, 0.15) is 17.3 Å². The average molecular weight is 381 g/mol. The summed E-state index contributed by atoms with van der Waals surface area (Å²) in [7, 11) is 0. The topological polar surface area (TPSA) is 90.4 Å². The molecule has 0 aliphatic heterocycles. The van der Waals surface area contributed by atoms with Crippen LogP contribution in [0.2, 0.25) is 0 Å². The van der Waals surface area contributed by atoms with Crippen molar-refractivity contribution in [1.29, 1.82) is 0 Å². The fraction of sp³-hybridized carbons (Fsp3) is 0.364. The molecule has 0 aliphatic rings. The van der Waals surface area contributed by atoms with E-state index < -0.39 is 0 Å². The first kappa shape index (κ1) is 19.9. The number of nitrogens with zero attached hydrogens (tertiary/aromatic N) is 2. The summed E-state index contributed by atoms with van der Waals surface area (Å²) in [4.78, 5) is 15.6. The van der Waals surface area contributed by atoms with Gasteiger partial charge in [0.05, 0.1) is 17.6 Å². The summed E-state index contributed by atoms with van der Waals surface area (Å²) < 4.78 is 8.02. The number of carbonyl (C=O) groups is 1. The largest absolute Gasteiger partial charge is 0.457 e. The fourth-order valence-corrected chi connectivity index (χ4v) is 3.27. The van der Waals surface area contributed by atoms with Gasteiger partial charge in [-0.2, -0.15) is 0 Å². The van der Waals surface area contributed by atoms with Crippen LogP contribution in [0.5, 0.6) is 11.5 Å². The highest BCUT2D eigenvalue weighted by Crippen LogP contribution is 2.27. The zero-order valence-electron chi connectivity index (χ0n) is 16.2. The highest BCUT2D eigenvalue weighted by molar-refractivity contribution is 5.78. The third kappa shape index (κ3) is 4.89. The van der Waals surface area contributed by atoms with Gasteiger partial charge in [-0.05, 0) is 49.1 Å². The molecule has 28 heavy (non-hydrogen) atoms. The second-order valence-corrected chi connectivity index (χ2v) is 6.83. The van der Waals surface area contributed by atoms with Gasteiger partial charge in [0.2, 0.25) is 5.91 Å². The Morgan fingerprint density at radius 3 is 2.57 bits per heavy atom. The number of imidazole rings is 1. The lowest BCUT2D eigenvalue weighted by atomic mass is 10.2. The molecule has 3 rings (SSSR count). The second kappa shape index (κ2) is 9.37. The molecule has 0 aliphatic carbocycles. The van der Waals surface area contributed by atoms with E-state index in [-0.39, 0.29) is 12.5 Å². The number of hydrogen-bond acceptors (Lipinski definition) is 4. The first-order valence-corrected chi connectivity index (χ1v) is 9.76. The van der Waals surface area contributed by atoms with E-state index in [1.807, 2.05) is 34.9 Å². The lowest BCUT2D eigenvalue weighted by Gasteiger charge is -2.09. The fourth-order valence-electron chi connectivity index (χ4n) is 3.27. The number of aliphatic hydroxyl groups excluding tert-OH is 1. The number of rotatable bonds is 10. The van der Waals surface area contributed by atoms with Gasteiger partial charge in [-0.3, -0.25) is 4.79 Å². The van der Waals surface area contributed by atoms with Crippen LogP contribution in [-0.4, -0.2) is 27.2 Å². The number of aromatic nitrogens is 2. The second-order valence-electron chi connectivity index (χ2n) is 6.83. The molecule has 0 saturated carbocycles. The summed E-state index contributed by atoms with van der Waals surface area (Å²) >= 11 is 0. The number of primary amides is 1. The van der Waals surface area contributed by atoms with Gasteiger partial charge < -0.3 is 20.1 Å². The van der Waals surface area contributed by atoms with Crippen molar-refractivity contribution in [3.05, 3.63) is 53.9 Å². The van der Waals surface area contributed by atoms with Crippen LogP contribution in [0, 0.1) is 0 Å². The van der Waals surface area contributed by atoms with E-state index in [1.54, 1.807) is 0 Å². The highest BCUT2D eigenvalue weighted by atomic mass is 16.5. The molecule has 0 bridgehead atoms. The summed E-state index contributed by atoms with van der Waals surface area (Å²) in [6, 6.07) is 13.9. The first-order chi connectivity index (χ1) is 13.6. The molecule has 1 heterocycles. The van der Waals surface area contributed by atoms with Crippen molar-refractivity contribution in [3.63, 3.8) is 0 Å². The Balaban J connectivity index is 1.80. The van der Waals surface area contributed by atoms with Crippen molar-refractivity contribution in [2.24, 2.45) is 5.73 Å². The Bertz CT molecular complexity index is 932. The van der Waals surface area contributed by atoms with Crippen molar-refractivity contribution < 1.29 is 14.6 Å². The monoisotopic (exact) mass is 381 g/mol. The van der Waals surface area contributed by atoms with Gasteiger partial charge in [0, 0.05) is 25.5 Å². The summed E-state index contributed by atoms with van der Waals surface area (Å²) in [5, 5.41) is 9.48. The van der Waals surface area contributed by atoms with Crippen LogP contribution >= 0.6 is 0 Å². The quantitative estimate of drug-likeness (QED) is 0.525. The third-order valence-electron chi connectivity index (χ3n) is 4.76. The molecule has 0 atom stereocenters. The molecule has 2 aromatic carbocycles. The van der Waals surface area contributed by atoms with Gasteiger partial charge in [-0.25, -0.2) is 4.98 Å². The summed E-state index contributed by atoms with van der Waals surface area (Å²) in [5.41, 5.74) is 8.27. The number of nitrogens with two attached hydrogens (primary N) is 1. The lowest BCUT2D eigenvalue weighted by Crippen LogP contribution is -2.10. The van der Waals surface area contributed by atoms with Crippen LogP contribution in [0.1, 0.15) is 37.6 Å². The number of ether oxygens (including phenoxy) is 1. The number of aliphatic hydroxyl groups is 1. The zero-order chi connectivity index (χ0) is 19.9. The van der Waals surface area contributed by atoms with E-state index in [0.717, 1.165) is 54.0 Å². The molecule has 0 unspecified atom stereocenters. The third-order valence-corrected chi connectivity index (χ3v) is 4.76. The maximum Gasteiger partial charge on any atom is 0.217 e. The standard InChI is InChI=1S/C22H27N3O3/c1-2-16-7-9-17(10-8-16)28-18-11-12-19-20(15-18)25(13-14-26)22(24-19)6-4-3-5-21(23)27/h7-12,15,26H,2-6,13-14H2,1H3,(H2,23,27). The van der Waals surface area contributed by atoms with Crippen molar-refractivity contribution in [2.75, 3.05) is 6.61 Å². The van der Waals surface area contributed by atoms with Crippen LogP contribution in [-0.2, 0) is 24.2 Å². The number of unbranched alkanes of at least 4 members (excludes halogenated alkanes) is 1. The first-order valence-electron chi connectivity index (χ1n) is 9.76. The van der Waals surface area contributed by atoms with Crippen LogP contribution in [0.15, 0.2) is 42.5 Å². The van der Waals surface area contributed by atoms with E-state index in [9.17, 15) is 9.90 Å². The highest BCUT2D eigenvalue weighted by Gasteiger charge is 2.12. The Labute approximate surface area is 165 Å². The normalized spacial score (nSPS) is 11.1. The molecular formula is C22H27N3O3. The molecule has 3 N–H and O–H groups in total. The maximum absolute atomic E-state index is 10.9. The van der Waals surface area contributed by atoms with Crippen molar-refractivity contribution in [1.82, 2.24) is 9.55 Å². The van der Waals surface area contributed by atoms with Crippen molar-refractivity contribution >= 4 is 16.9 Å². The summed E-state index contributed by atoms with van der Waals surface area (Å²) in [6.07, 6.45) is 3.67. The Morgan fingerprint density at radius 1 is 1.14 bits per heavy atom. The van der Waals surface area contributed by atoms with E-state index in [2.05, 4.69) is 19.1 Å². The Morgan fingerprint density at radius 2 is 1.89 bits per heavy atom. The van der Waals surface area contributed by atoms with Crippen molar-refractivity contribution in [3.8, 4) is 11.5 Å². The molecule has 6 nitrogen and oxygen atoms in total. The predicted octanol–water partition coefficient (Wildman–Crippen LogP) is 3.58. The molecular weight excluding hydrogens is 354 g/mol. The van der Waals surface area contributed by atoms with Gasteiger partial charge in [-0.1, -0.05) is 19.1 Å². The number of benzene rings is 2. The molecule has 3 aromatic rings. The lowest BCUT2D eigenvalue weighted by molar-refractivity contribution is -0.118. The predicted molar refractivity (Wildman–Crippen MR) is 109 cm³/mol. The molecule has 1 amide bonds. The van der Waals surface area contributed by atoms with Gasteiger partial charge in [-0.15, -0.1) is 0 Å². The van der Waals surface area contributed by atoms with E-state index in [4.69, 9.17) is 15.5 Å². The molecule has 0 spiro atoms. The van der Waals surface area contributed by atoms with Gasteiger partial charge >= 0.3 is 0 Å². The molecule has 0 saturated heterocycles. The van der Waals surface area contributed by atoms with E-state index in [1.165, 1.54) is 5.56 Å². The van der Waals surface area contributed by atoms with Crippen molar-refractivity contribution in [2.45, 2.75) is 45.6 Å².